The van der Waals surface area contributed by atoms with E-state index in [1.807, 2.05) is 18.2 Å². The van der Waals surface area contributed by atoms with Gasteiger partial charge in [-0.05, 0) is 57.5 Å². The molecule has 1 aliphatic heterocycles. The highest BCUT2D eigenvalue weighted by Crippen LogP contribution is 2.35. The van der Waals surface area contributed by atoms with Crippen molar-refractivity contribution < 1.29 is 14.3 Å². The van der Waals surface area contributed by atoms with Crippen molar-refractivity contribution in [3.05, 3.63) is 69.4 Å². The number of para-hydroxylation sites is 1. The Hall–Kier alpha value is -2.92. The normalized spacial score (nSPS) is 16.1. The number of carboxylic acid groups (broad SMARTS) is 1. The third kappa shape index (κ3) is 3.47. The number of fused-ring (bicyclic) bond motifs is 1. The van der Waals surface area contributed by atoms with Gasteiger partial charge in [0.15, 0.2) is 5.43 Å². The molecule has 29 heavy (non-hydrogen) atoms. The molecule has 5 nitrogen and oxygen atoms in total. The zero-order chi connectivity index (χ0) is 20.5. The summed E-state index contributed by atoms with van der Waals surface area (Å²) in [5.74, 6) is -0.931. The molecule has 0 N–H and O–H groups in total. The number of hydrogen-bond donors (Lipinski definition) is 0. The van der Waals surface area contributed by atoms with Crippen LogP contribution in [-0.4, -0.2) is 24.0 Å². The first-order chi connectivity index (χ1) is 14.0. The Kier molecular flexibility index (Phi) is 5.24. The summed E-state index contributed by atoms with van der Waals surface area (Å²) in [4.78, 5) is 27.0. The summed E-state index contributed by atoms with van der Waals surface area (Å²) in [6, 6.07) is 12.6. The number of hydrogen-bond acceptors (Lipinski definition) is 5. The lowest BCUT2D eigenvalue weighted by molar-refractivity contribution is -0.254. The van der Waals surface area contributed by atoms with Crippen LogP contribution < -0.4 is 10.5 Å². The lowest BCUT2D eigenvalue weighted by Crippen LogP contribution is -2.32. The molecule has 1 fully saturated rings. The molecule has 1 saturated heterocycles. The van der Waals surface area contributed by atoms with Gasteiger partial charge in [-0.3, -0.25) is 9.69 Å². The van der Waals surface area contributed by atoms with Crippen LogP contribution in [-0.2, 0) is 0 Å². The predicted octanol–water partition coefficient (Wildman–Crippen LogP) is 3.68. The van der Waals surface area contributed by atoms with E-state index in [-0.39, 0.29) is 28.0 Å². The Bertz CT molecular complexity index is 1130. The van der Waals surface area contributed by atoms with Gasteiger partial charge in [-0.25, -0.2) is 0 Å². The summed E-state index contributed by atoms with van der Waals surface area (Å²) in [7, 11) is 0. The summed E-state index contributed by atoms with van der Waals surface area (Å²) < 4.78 is 6.09. The van der Waals surface area contributed by atoms with Crippen LogP contribution in [0.3, 0.4) is 0 Å². The fourth-order valence-corrected chi connectivity index (χ4v) is 4.30. The molecule has 2 aromatic carbocycles. The van der Waals surface area contributed by atoms with Gasteiger partial charge in [0.25, 0.3) is 0 Å². The molecule has 1 aromatic heterocycles. The Morgan fingerprint density at radius 2 is 1.79 bits per heavy atom. The number of carbonyl (C=O) groups excluding carboxylic acids is 1. The molecule has 4 rings (SSSR count). The monoisotopic (exact) mass is 390 g/mol. The average molecular weight is 390 g/mol. The van der Waals surface area contributed by atoms with Gasteiger partial charge in [0.05, 0.1) is 11.4 Å². The van der Waals surface area contributed by atoms with Crippen molar-refractivity contribution in [3.8, 4) is 11.3 Å². The molecule has 1 aliphatic rings. The fraction of sp³-hybridized carbons (Fsp3) is 0.333. The second kappa shape index (κ2) is 7.84. The number of carbonyl (C=O) groups is 1. The van der Waals surface area contributed by atoms with Crippen LogP contribution >= 0.6 is 0 Å². The number of piperidine rings is 1. The average Bonchev–Trinajstić information content (AvgIpc) is 2.76. The molecule has 0 radical (unpaired) electrons. The Balaban J connectivity index is 1.92. The number of carboxylic acids is 1. The molecule has 1 unspecified atom stereocenters. The molecule has 2 heterocycles. The van der Waals surface area contributed by atoms with Crippen LogP contribution in [0.4, 0.5) is 0 Å². The molecular weight excluding hydrogens is 366 g/mol. The van der Waals surface area contributed by atoms with Crippen molar-refractivity contribution in [3.63, 3.8) is 0 Å². The van der Waals surface area contributed by atoms with Crippen LogP contribution in [0.2, 0.25) is 0 Å². The van der Waals surface area contributed by atoms with Gasteiger partial charge < -0.3 is 14.3 Å². The van der Waals surface area contributed by atoms with Crippen molar-refractivity contribution in [2.24, 2.45) is 0 Å². The largest absolute Gasteiger partial charge is 0.545 e. The summed E-state index contributed by atoms with van der Waals surface area (Å²) in [5, 5.41) is 11.8. The van der Waals surface area contributed by atoms with Crippen molar-refractivity contribution in [2.75, 3.05) is 13.1 Å². The zero-order valence-electron chi connectivity index (χ0n) is 16.7. The highest BCUT2D eigenvalue weighted by atomic mass is 16.4. The van der Waals surface area contributed by atoms with E-state index in [1.165, 1.54) is 31.4 Å². The summed E-state index contributed by atoms with van der Waals surface area (Å²) in [5.41, 5.74) is 2.12. The van der Waals surface area contributed by atoms with Gasteiger partial charge in [0.2, 0.25) is 0 Å². The highest BCUT2D eigenvalue weighted by molar-refractivity contribution is 6.00. The molecule has 0 spiro atoms. The van der Waals surface area contributed by atoms with Gasteiger partial charge in [-0.1, -0.05) is 36.8 Å². The second-order valence-electron chi connectivity index (χ2n) is 7.71. The fourth-order valence-electron chi connectivity index (χ4n) is 4.30. The Morgan fingerprint density at radius 3 is 2.52 bits per heavy atom. The zero-order valence-corrected chi connectivity index (χ0v) is 16.7. The van der Waals surface area contributed by atoms with E-state index >= 15 is 0 Å². The summed E-state index contributed by atoms with van der Waals surface area (Å²) in [6.07, 6.45) is 3.63. The number of likely N-dealkylation sites (tertiary alicyclic amines) is 1. The lowest BCUT2D eigenvalue weighted by atomic mass is 9.94. The van der Waals surface area contributed by atoms with Crippen molar-refractivity contribution in [2.45, 2.75) is 39.2 Å². The molecule has 1 atom stereocenters. The minimum absolute atomic E-state index is 0.0681. The van der Waals surface area contributed by atoms with Crippen LogP contribution in [0.1, 0.15) is 53.7 Å². The minimum atomic E-state index is -1.36. The number of nitrogens with zero attached hydrogens (tertiary/aromatic N) is 1. The molecule has 5 heteroatoms. The predicted molar refractivity (Wildman–Crippen MR) is 111 cm³/mol. The molecule has 3 aromatic rings. The second-order valence-corrected chi connectivity index (χ2v) is 7.71. The van der Waals surface area contributed by atoms with Crippen LogP contribution in [0.5, 0.6) is 0 Å². The number of rotatable bonds is 4. The third-order valence-corrected chi connectivity index (χ3v) is 5.96. The molecule has 0 bridgehead atoms. The van der Waals surface area contributed by atoms with Crippen LogP contribution in [0, 0.1) is 6.92 Å². The van der Waals surface area contributed by atoms with E-state index < -0.39 is 5.97 Å². The molecule has 150 valence electrons. The maximum atomic E-state index is 13.0. The van der Waals surface area contributed by atoms with Gasteiger partial charge in [0, 0.05) is 22.7 Å². The van der Waals surface area contributed by atoms with E-state index in [2.05, 4.69) is 17.9 Å². The lowest BCUT2D eigenvalue weighted by Gasteiger charge is -2.33. The van der Waals surface area contributed by atoms with Crippen molar-refractivity contribution in [1.82, 2.24) is 4.90 Å². The Morgan fingerprint density at radius 1 is 1.07 bits per heavy atom. The van der Waals surface area contributed by atoms with Crippen molar-refractivity contribution >= 4 is 16.9 Å². The summed E-state index contributed by atoms with van der Waals surface area (Å²) >= 11 is 0. The van der Waals surface area contributed by atoms with Crippen LogP contribution in [0.15, 0.2) is 51.7 Å². The topological polar surface area (TPSA) is 73.6 Å². The smallest absolute Gasteiger partial charge is 0.196 e. The van der Waals surface area contributed by atoms with Gasteiger partial charge in [0.1, 0.15) is 11.3 Å². The summed E-state index contributed by atoms with van der Waals surface area (Å²) in [6.45, 7) is 6.00. The SMILES string of the molecule is Cc1c(-c2ccccc2C(C)N2CCCCC2)oc2c(C(=O)[O-])cccc2c1=O. The third-order valence-electron chi connectivity index (χ3n) is 5.96. The number of aromatic carboxylic acids is 1. The van der Waals surface area contributed by atoms with Gasteiger partial charge in [-0.2, -0.15) is 0 Å². The van der Waals surface area contributed by atoms with E-state index in [0.717, 1.165) is 24.2 Å². The van der Waals surface area contributed by atoms with Gasteiger partial charge >= 0.3 is 0 Å². The highest BCUT2D eigenvalue weighted by Gasteiger charge is 2.23. The van der Waals surface area contributed by atoms with E-state index in [1.54, 1.807) is 13.0 Å². The first kappa shape index (κ1) is 19.4. The Labute approximate surface area is 169 Å². The first-order valence-electron chi connectivity index (χ1n) is 10.1. The molecule has 0 saturated carbocycles. The van der Waals surface area contributed by atoms with Crippen molar-refractivity contribution in [1.29, 1.82) is 0 Å². The van der Waals surface area contributed by atoms with Gasteiger partial charge in [-0.15, -0.1) is 0 Å². The quantitative estimate of drug-likeness (QED) is 0.679. The standard InChI is InChI=1S/C24H25NO4/c1-15-21(26)19-11-8-12-20(24(27)28)23(19)29-22(15)18-10-5-4-9-17(18)16(2)25-13-6-3-7-14-25/h4-5,8-12,16H,3,6-7,13-14H2,1-2H3,(H,27,28)/p-1. The minimum Gasteiger partial charge on any atom is -0.545 e. The number of benzene rings is 2. The van der Waals surface area contributed by atoms with E-state index in [0.29, 0.717) is 11.3 Å². The maximum absolute atomic E-state index is 13.0. The molecule has 0 aliphatic carbocycles. The van der Waals surface area contributed by atoms with Crippen LogP contribution in [0.25, 0.3) is 22.3 Å². The first-order valence-corrected chi connectivity index (χ1v) is 10.1. The van der Waals surface area contributed by atoms with E-state index in [9.17, 15) is 14.7 Å². The maximum Gasteiger partial charge on any atom is 0.196 e. The van der Waals surface area contributed by atoms with E-state index in [4.69, 9.17) is 4.42 Å². The molecule has 0 amide bonds. The molecular formula is C24H24NO4-.